The Kier molecular flexibility index (Phi) is 1.68. The Bertz CT molecular complexity index is 191. The molecule has 2 nitrogen and oxygen atoms in total. The second-order valence-electron chi connectivity index (χ2n) is 4.35. The van der Waals surface area contributed by atoms with Crippen molar-refractivity contribution in [1.82, 2.24) is 4.90 Å². The second-order valence-corrected chi connectivity index (χ2v) is 5.50. The van der Waals surface area contributed by atoms with Crippen molar-refractivity contribution in [3.05, 3.63) is 0 Å². The van der Waals surface area contributed by atoms with E-state index in [1.165, 1.54) is 30.9 Å². The molecule has 3 heterocycles. The maximum absolute atomic E-state index is 6.04. The van der Waals surface area contributed by atoms with E-state index in [0.717, 1.165) is 18.0 Å². The van der Waals surface area contributed by atoms with E-state index < -0.39 is 0 Å². The summed E-state index contributed by atoms with van der Waals surface area (Å²) >= 11 is 2.11. The van der Waals surface area contributed by atoms with E-state index in [0.29, 0.717) is 6.04 Å². The van der Waals surface area contributed by atoms with E-state index in [1.807, 2.05) is 0 Å². The van der Waals surface area contributed by atoms with Crippen molar-refractivity contribution < 1.29 is 0 Å². The molecule has 3 aliphatic heterocycles. The molecule has 1 aliphatic carbocycles. The maximum atomic E-state index is 6.04. The molecule has 4 rings (SSSR count). The fourth-order valence-electron chi connectivity index (χ4n) is 2.91. The molecule has 0 aromatic heterocycles. The lowest BCUT2D eigenvalue weighted by Crippen LogP contribution is -2.51. The average molecular weight is 184 g/mol. The molecule has 3 heteroatoms. The highest BCUT2D eigenvalue weighted by Crippen LogP contribution is 2.42. The van der Waals surface area contributed by atoms with Gasteiger partial charge in [0, 0.05) is 30.4 Å². The van der Waals surface area contributed by atoms with Crippen LogP contribution in [0.5, 0.6) is 0 Å². The summed E-state index contributed by atoms with van der Waals surface area (Å²) in [6, 6.07) is 2.16. The first-order valence-corrected chi connectivity index (χ1v) is 6.11. The van der Waals surface area contributed by atoms with Gasteiger partial charge in [-0.25, -0.2) is 0 Å². The molecule has 0 spiro atoms. The zero-order valence-electron chi connectivity index (χ0n) is 7.28. The third-order valence-electron chi connectivity index (χ3n) is 3.78. The van der Waals surface area contributed by atoms with Crippen LogP contribution in [-0.4, -0.2) is 41.1 Å². The Morgan fingerprint density at radius 2 is 2.33 bits per heavy atom. The molecule has 4 fully saturated rings. The molecule has 2 bridgehead atoms. The van der Waals surface area contributed by atoms with E-state index in [4.69, 9.17) is 5.73 Å². The van der Waals surface area contributed by atoms with E-state index in [9.17, 15) is 0 Å². The van der Waals surface area contributed by atoms with Crippen LogP contribution in [0.3, 0.4) is 0 Å². The predicted molar refractivity (Wildman–Crippen MR) is 52.3 cm³/mol. The minimum absolute atomic E-state index is 0.524. The number of nitrogens with two attached hydrogens (primary N) is 1. The minimum Gasteiger partial charge on any atom is -0.326 e. The van der Waals surface area contributed by atoms with E-state index in [1.54, 1.807) is 0 Å². The van der Waals surface area contributed by atoms with Crippen LogP contribution in [0.2, 0.25) is 0 Å². The van der Waals surface area contributed by atoms with E-state index >= 15 is 0 Å². The summed E-state index contributed by atoms with van der Waals surface area (Å²) in [5.74, 6) is 3.57. The minimum atomic E-state index is 0.524. The standard InChI is InChI=1S/C9H16N2S/c10-9-6-3-8(9)11(4-6)7-1-2-12-5-7/h6-9H,1-5,10H2. The van der Waals surface area contributed by atoms with Crippen LogP contribution in [-0.2, 0) is 0 Å². The van der Waals surface area contributed by atoms with Crippen molar-refractivity contribution in [2.24, 2.45) is 11.7 Å². The highest BCUT2D eigenvalue weighted by molar-refractivity contribution is 7.99. The third kappa shape index (κ3) is 0.903. The van der Waals surface area contributed by atoms with Crippen molar-refractivity contribution in [3.8, 4) is 0 Å². The SMILES string of the molecule is NC1C2CC1N(C1CCSC1)C2. The van der Waals surface area contributed by atoms with Crippen molar-refractivity contribution >= 4 is 11.8 Å². The lowest BCUT2D eigenvalue weighted by atomic mass is 9.81. The number of hydrogen-bond acceptors (Lipinski definition) is 3. The summed E-state index contributed by atoms with van der Waals surface area (Å²) in [7, 11) is 0. The first kappa shape index (κ1) is 7.65. The van der Waals surface area contributed by atoms with Crippen LogP contribution < -0.4 is 5.73 Å². The summed E-state index contributed by atoms with van der Waals surface area (Å²) in [5.41, 5.74) is 6.04. The topological polar surface area (TPSA) is 29.3 Å². The lowest BCUT2D eigenvalue weighted by Gasteiger charge is -2.35. The smallest absolute Gasteiger partial charge is 0.0257 e. The van der Waals surface area contributed by atoms with Gasteiger partial charge < -0.3 is 5.73 Å². The fraction of sp³-hybridized carbons (Fsp3) is 1.00. The first-order chi connectivity index (χ1) is 5.86. The van der Waals surface area contributed by atoms with Gasteiger partial charge in [0.05, 0.1) is 0 Å². The van der Waals surface area contributed by atoms with Gasteiger partial charge in [0.25, 0.3) is 0 Å². The van der Waals surface area contributed by atoms with Crippen LogP contribution in [0, 0.1) is 5.92 Å². The number of rotatable bonds is 1. The maximum Gasteiger partial charge on any atom is 0.0257 e. The molecule has 2 N–H and O–H groups in total. The third-order valence-corrected chi connectivity index (χ3v) is 4.92. The van der Waals surface area contributed by atoms with Gasteiger partial charge in [0.15, 0.2) is 0 Å². The summed E-state index contributed by atoms with van der Waals surface area (Å²) in [6.07, 6.45) is 2.79. The van der Waals surface area contributed by atoms with Gasteiger partial charge in [0.1, 0.15) is 0 Å². The van der Waals surface area contributed by atoms with Crippen molar-refractivity contribution in [3.63, 3.8) is 0 Å². The molecule has 68 valence electrons. The molecule has 12 heavy (non-hydrogen) atoms. The van der Waals surface area contributed by atoms with E-state index in [-0.39, 0.29) is 0 Å². The average Bonchev–Trinajstić information content (AvgIpc) is 2.75. The molecule has 1 saturated carbocycles. The molecular formula is C9H16N2S. The fourth-order valence-corrected chi connectivity index (χ4v) is 4.14. The van der Waals surface area contributed by atoms with Crippen LogP contribution >= 0.6 is 11.8 Å². The molecule has 4 aliphatic rings. The van der Waals surface area contributed by atoms with Gasteiger partial charge in [-0.05, 0) is 24.5 Å². The normalized spacial score (nSPS) is 52.8. The molecule has 0 aromatic carbocycles. The summed E-state index contributed by atoms with van der Waals surface area (Å²) in [5, 5.41) is 0. The number of thioether (sulfide) groups is 1. The Balaban J connectivity index is 1.70. The predicted octanol–water partition coefficient (Wildman–Crippen LogP) is 0.523. The van der Waals surface area contributed by atoms with Gasteiger partial charge in [0.2, 0.25) is 0 Å². The molecule has 0 amide bonds. The van der Waals surface area contributed by atoms with Crippen LogP contribution in [0.15, 0.2) is 0 Å². The van der Waals surface area contributed by atoms with Crippen LogP contribution in [0.25, 0.3) is 0 Å². The quantitative estimate of drug-likeness (QED) is 0.644. The highest BCUT2D eigenvalue weighted by Gasteiger charge is 2.51. The van der Waals surface area contributed by atoms with Gasteiger partial charge in [-0.1, -0.05) is 0 Å². The summed E-state index contributed by atoms with van der Waals surface area (Å²) in [4.78, 5) is 2.69. The number of hydrogen-bond donors (Lipinski definition) is 1. The molecule has 0 aromatic rings. The van der Waals surface area contributed by atoms with Crippen molar-refractivity contribution in [1.29, 1.82) is 0 Å². The number of fused-ring (bicyclic) bond motifs is 1. The van der Waals surface area contributed by atoms with Gasteiger partial charge in [-0.3, -0.25) is 4.90 Å². The Morgan fingerprint density at radius 3 is 2.83 bits per heavy atom. The van der Waals surface area contributed by atoms with Gasteiger partial charge in [-0.15, -0.1) is 0 Å². The largest absolute Gasteiger partial charge is 0.326 e. The van der Waals surface area contributed by atoms with Crippen molar-refractivity contribution in [2.45, 2.75) is 31.0 Å². The molecule has 4 atom stereocenters. The Hall–Kier alpha value is 0.270. The van der Waals surface area contributed by atoms with Crippen LogP contribution in [0.4, 0.5) is 0 Å². The zero-order valence-corrected chi connectivity index (χ0v) is 8.09. The Morgan fingerprint density at radius 1 is 1.42 bits per heavy atom. The summed E-state index contributed by atoms with van der Waals surface area (Å²) in [6.45, 7) is 1.30. The highest BCUT2D eigenvalue weighted by atomic mass is 32.2. The van der Waals surface area contributed by atoms with Crippen molar-refractivity contribution in [2.75, 3.05) is 18.1 Å². The molecule has 0 radical (unpaired) electrons. The van der Waals surface area contributed by atoms with Gasteiger partial charge in [-0.2, -0.15) is 11.8 Å². The zero-order chi connectivity index (χ0) is 8.13. The monoisotopic (exact) mass is 184 g/mol. The lowest BCUT2D eigenvalue weighted by molar-refractivity contribution is 0.176. The van der Waals surface area contributed by atoms with Crippen LogP contribution in [0.1, 0.15) is 12.8 Å². The summed E-state index contributed by atoms with van der Waals surface area (Å²) < 4.78 is 0. The second kappa shape index (κ2) is 2.63. The Labute approximate surface area is 77.9 Å². The van der Waals surface area contributed by atoms with E-state index in [2.05, 4.69) is 16.7 Å². The van der Waals surface area contributed by atoms with Gasteiger partial charge >= 0.3 is 0 Å². The molecule has 4 unspecified atom stereocenters. The number of nitrogens with zero attached hydrogens (tertiary/aromatic N) is 1. The molecule has 3 saturated heterocycles. The molecular weight excluding hydrogens is 168 g/mol. The first-order valence-electron chi connectivity index (χ1n) is 4.95.